The highest BCUT2D eigenvalue weighted by molar-refractivity contribution is 5.80. The number of carbonyl (C=O) groups excluding carboxylic acids is 2. The van der Waals surface area contributed by atoms with Crippen LogP contribution in [0.5, 0.6) is 0 Å². The summed E-state index contributed by atoms with van der Waals surface area (Å²) in [4.78, 5) is 22.3. The van der Waals surface area contributed by atoms with Crippen molar-refractivity contribution in [3.63, 3.8) is 0 Å². The van der Waals surface area contributed by atoms with Gasteiger partial charge < -0.3 is 15.4 Å². The summed E-state index contributed by atoms with van der Waals surface area (Å²) in [6.07, 6.45) is 1.02. The minimum Gasteiger partial charge on any atom is -0.466 e. The van der Waals surface area contributed by atoms with Gasteiger partial charge in [0.2, 0.25) is 5.91 Å². The third-order valence-electron chi connectivity index (χ3n) is 2.31. The number of esters is 1. The molecule has 0 atom stereocenters. The molecule has 0 aliphatic carbocycles. The van der Waals surface area contributed by atoms with Gasteiger partial charge in [0.1, 0.15) is 0 Å². The number of amides is 1. The van der Waals surface area contributed by atoms with Gasteiger partial charge in [0.25, 0.3) is 0 Å². The number of nitrogens with one attached hydrogen (secondary N) is 2. The van der Waals surface area contributed by atoms with Crippen LogP contribution in [0.4, 0.5) is 0 Å². The fraction of sp³-hybridized carbons (Fsp3) is 0.800. The van der Waals surface area contributed by atoms with Gasteiger partial charge in [-0.15, -0.1) is 0 Å². The Hall–Kier alpha value is -1.10. The van der Waals surface area contributed by atoms with E-state index < -0.39 is 0 Å². The van der Waals surface area contributed by atoms with Crippen molar-refractivity contribution in [3.8, 4) is 0 Å². The molecule has 15 heavy (non-hydrogen) atoms. The van der Waals surface area contributed by atoms with Gasteiger partial charge in [-0.1, -0.05) is 0 Å². The molecule has 5 nitrogen and oxygen atoms in total. The highest BCUT2D eigenvalue weighted by Crippen LogP contribution is 2.02. The summed E-state index contributed by atoms with van der Waals surface area (Å²) in [7, 11) is 0. The zero-order chi connectivity index (χ0) is 11.1. The summed E-state index contributed by atoms with van der Waals surface area (Å²) in [6.45, 7) is 4.28. The molecule has 0 bridgehead atoms. The van der Waals surface area contributed by atoms with E-state index in [1.165, 1.54) is 0 Å². The van der Waals surface area contributed by atoms with E-state index in [-0.39, 0.29) is 17.8 Å². The molecule has 0 radical (unpaired) electrons. The Morgan fingerprint density at radius 2 is 2.20 bits per heavy atom. The lowest BCUT2D eigenvalue weighted by Crippen LogP contribution is -2.50. The molecule has 0 spiro atoms. The quantitative estimate of drug-likeness (QED) is 0.469. The summed E-state index contributed by atoms with van der Waals surface area (Å²) in [5, 5.41) is 5.83. The standard InChI is InChI=1S/C10H18N2O3/c1-2-15-9(13)4-3-5-12-10(14)8-6-11-7-8/h8,11H,2-7H2,1H3,(H,12,14). The largest absolute Gasteiger partial charge is 0.466 e. The summed E-state index contributed by atoms with van der Waals surface area (Å²) in [5.41, 5.74) is 0. The van der Waals surface area contributed by atoms with Crippen molar-refractivity contribution in [2.45, 2.75) is 19.8 Å². The van der Waals surface area contributed by atoms with Gasteiger partial charge in [0.05, 0.1) is 12.5 Å². The lowest BCUT2D eigenvalue weighted by atomic mass is 10.0. The number of ether oxygens (including phenoxy) is 1. The Labute approximate surface area is 89.6 Å². The predicted octanol–water partition coefficient (Wildman–Crippen LogP) is -0.335. The monoisotopic (exact) mass is 214 g/mol. The molecule has 1 rings (SSSR count). The SMILES string of the molecule is CCOC(=O)CCCNC(=O)C1CNC1. The molecule has 1 amide bonds. The van der Waals surface area contributed by atoms with Gasteiger partial charge in [-0.2, -0.15) is 0 Å². The molecule has 0 unspecified atom stereocenters. The third kappa shape index (κ3) is 4.29. The first-order chi connectivity index (χ1) is 7.24. The zero-order valence-corrected chi connectivity index (χ0v) is 9.04. The first-order valence-corrected chi connectivity index (χ1v) is 5.38. The van der Waals surface area contributed by atoms with Crippen LogP contribution in [0.15, 0.2) is 0 Å². The minimum atomic E-state index is -0.197. The number of hydrogen-bond acceptors (Lipinski definition) is 4. The van der Waals surface area contributed by atoms with Crippen molar-refractivity contribution in [3.05, 3.63) is 0 Å². The average Bonchev–Trinajstić information content (AvgIpc) is 2.10. The van der Waals surface area contributed by atoms with Gasteiger partial charge in [-0.05, 0) is 13.3 Å². The Bertz CT molecular complexity index is 227. The molecule has 1 aliphatic rings. The summed E-state index contributed by atoms with van der Waals surface area (Å²) < 4.78 is 4.77. The fourth-order valence-corrected chi connectivity index (χ4v) is 1.30. The van der Waals surface area contributed by atoms with Crippen molar-refractivity contribution in [2.24, 2.45) is 5.92 Å². The molecular formula is C10H18N2O3. The molecule has 1 fully saturated rings. The number of rotatable bonds is 6. The summed E-state index contributed by atoms with van der Waals surface area (Å²) >= 11 is 0. The second-order valence-corrected chi connectivity index (χ2v) is 3.55. The van der Waals surface area contributed by atoms with Crippen molar-refractivity contribution < 1.29 is 14.3 Å². The lowest BCUT2D eigenvalue weighted by molar-refractivity contribution is -0.143. The molecule has 5 heteroatoms. The minimum absolute atomic E-state index is 0.0811. The Morgan fingerprint density at radius 3 is 2.73 bits per heavy atom. The maximum Gasteiger partial charge on any atom is 0.305 e. The Morgan fingerprint density at radius 1 is 1.47 bits per heavy atom. The molecule has 0 aromatic heterocycles. The van der Waals surface area contributed by atoms with Crippen molar-refractivity contribution in [2.75, 3.05) is 26.2 Å². The molecule has 1 aliphatic heterocycles. The van der Waals surface area contributed by atoms with Crippen molar-refractivity contribution in [1.82, 2.24) is 10.6 Å². The molecular weight excluding hydrogens is 196 g/mol. The van der Waals surface area contributed by atoms with Crippen molar-refractivity contribution in [1.29, 1.82) is 0 Å². The second kappa shape index (κ2) is 6.40. The number of carbonyl (C=O) groups is 2. The normalized spacial score (nSPS) is 15.5. The van der Waals surface area contributed by atoms with E-state index >= 15 is 0 Å². The average molecular weight is 214 g/mol. The van der Waals surface area contributed by atoms with E-state index in [9.17, 15) is 9.59 Å². The Balaban J connectivity index is 1.96. The third-order valence-corrected chi connectivity index (χ3v) is 2.31. The van der Waals surface area contributed by atoms with E-state index in [1.807, 2.05) is 0 Å². The Kier molecular flexibility index (Phi) is 5.10. The molecule has 0 aromatic carbocycles. The van der Waals surface area contributed by atoms with E-state index in [0.717, 1.165) is 13.1 Å². The smallest absolute Gasteiger partial charge is 0.305 e. The lowest BCUT2D eigenvalue weighted by Gasteiger charge is -2.25. The van der Waals surface area contributed by atoms with Gasteiger partial charge in [-0.25, -0.2) is 0 Å². The maximum absolute atomic E-state index is 11.3. The van der Waals surface area contributed by atoms with Crippen LogP contribution in [0.25, 0.3) is 0 Å². The topological polar surface area (TPSA) is 67.4 Å². The fourth-order valence-electron chi connectivity index (χ4n) is 1.30. The van der Waals surface area contributed by atoms with E-state index in [2.05, 4.69) is 10.6 Å². The van der Waals surface area contributed by atoms with Crippen molar-refractivity contribution >= 4 is 11.9 Å². The van der Waals surface area contributed by atoms with Gasteiger partial charge in [-0.3, -0.25) is 9.59 Å². The van der Waals surface area contributed by atoms with Crippen LogP contribution in [0.1, 0.15) is 19.8 Å². The number of hydrogen-bond donors (Lipinski definition) is 2. The second-order valence-electron chi connectivity index (χ2n) is 3.55. The molecule has 86 valence electrons. The highest BCUT2D eigenvalue weighted by atomic mass is 16.5. The first kappa shape index (κ1) is 12.0. The van der Waals surface area contributed by atoms with Crippen LogP contribution in [0.2, 0.25) is 0 Å². The van der Waals surface area contributed by atoms with Crippen LogP contribution < -0.4 is 10.6 Å². The van der Waals surface area contributed by atoms with Gasteiger partial charge in [0, 0.05) is 26.1 Å². The summed E-state index contributed by atoms with van der Waals surface area (Å²) in [5.74, 6) is 0.00209. The molecule has 1 saturated heterocycles. The highest BCUT2D eigenvalue weighted by Gasteiger charge is 2.24. The molecule has 2 N–H and O–H groups in total. The van der Waals surface area contributed by atoms with Crippen LogP contribution in [-0.4, -0.2) is 38.1 Å². The molecule has 0 aromatic rings. The first-order valence-electron chi connectivity index (χ1n) is 5.38. The van der Waals surface area contributed by atoms with Gasteiger partial charge >= 0.3 is 5.97 Å². The summed E-state index contributed by atoms with van der Waals surface area (Å²) in [6, 6.07) is 0. The maximum atomic E-state index is 11.3. The van der Waals surface area contributed by atoms with Crippen LogP contribution >= 0.6 is 0 Å². The van der Waals surface area contributed by atoms with Gasteiger partial charge in [0.15, 0.2) is 0 Å². The van der Waals surface area contributed by atoms with Crippen LogP contribution in [0.3, 0.4) is 0 Å². The van der Waals surface area contributed by atoms with Crippen LogP contribution in [-0.2, 0) is 14.3 Å². The predicted molar refractivity (Wildman–Crippen MR) is 55.2 cm³/mol. The van der Waals surface area contributed by atoms with Crippen LogP contribution in [0, 0.1) is 5.92 Å². The van der Waals surface area contributed by atoms with E-state index in [0.29, 0.717) is 26.0 Å². The zero-order valence-electron chi connectivity index (χ0n) is 9.04. The van der Waals surface area contributed by atoms with E-state index in [4.69, 9.17) is 4.74 Å². The molecule has 1 heterocycles. The van der Waals surface area contributed by atoms with E-state index in [1.54, 1.807) is 6.92 Å². The molecule has 0 saturated carbocycles.